The average Bonchev–Trinajstić information content (AvgIpc) is 3.41. The summed E-state index contributed by atoms with van der Waals surface area (Å²) < 4.78 is 16.0. The molecule has 1 saturated heterocycles. The first kappa shape index (κ1) is 18.7. The van der Waals surface area contributed by atoms with Crippen LogP contribution in [0.1, 0.15) is 28.9 Å². The molecule has 7 nitrogen and oxygen atoms in total. The first-order valence-electron chi connectivity index (χ1n) is 9.31. The Morgan fingerprint density at radius 3 is 2.69 bits per heavy atom. The zero-order valence-corrected chi connectivity index (χ0v) is 16.0. The number of aromatic nitrogens is 1. The van der Waals surface area contributed by atoms with Gasteiger partial charge in [-0.1, -0.05) is 12.1 Å². The molecule has 1 aliphatic rings. The quantitative estimate of drug-likeness (QED) is 0.593. The van der Waals surface area contributed by atoms with Gasteiger partial charge in [0.25, 0.3) is 0 Å². The highest BCUT2D eigenvalue weighted by Crippen LogP contribution is 2.26. The van der Waals surface area contributed by atoms with Gasteiger partial charge in [0, 0.05) is 18.5 Å². The lowest BCUT2D eigenvalue weighted by molar-refractivity contribution is -0.117. The Labute approximate surface area is 167 Å². The molecule has 0 radical (unpaired) electrons. The maximum atomic E-state index is 12.6. The number of ether oxygens (including phenoxy) is 2. The predicted molar refractivity (Wildman–Crippen MR) is 106 cm³/mol. The van der Waals surface area contributed by atoms with Crippen molar-refractivity contribution in [1.29, 1.82) is 0 Å². The highest BCUT2D eigenvalue weighted by atomic mass is 16.5. The molecule has 7 heteroatoms. The Kier molecular flexibility index (Phi) is 5.29. The van der Waals surface area contributed by atoms with Crippen molar-refractivity contribution >= 4 is 17.6 Å². The number of rotatable bonds is 6. The summed E-state index contributed by atoms with van der Waals surface area (Å²) in [5.74, 6) is 0.687. The number of esters is 1. The Morgan fingerprint density at radius 2 is 1.97 bits per heavy atom. The minimum absolute atomic E-state index is 0.0193. The monoisotopic (exact) mass is 392 g/mol. The second-order valence-electron chi connectivity index (χ2n) is 6.61. The molecule has 1 aliphatic heterocycles. The van der Waals surface area contributed by atoms with Gasteiger partial charge in [-0.25, -0.2) is 9.78 Å². The van der Waals surface area contributed by atoms with Crippen LogP contribution in [0, 0.1) is 0 Å². The van der Waals surface area contributed by atoms with Gasteiger partial charge in [0.05, 0.1) is 18.4 Å². The van der Waals surface area contributed by atoms with Crippen molar-refractivity contribution in [3.8, 4) is 17.2 Å². The Morgan fingerprint density at radius 1 is 1.17 bits per heavy atom. The molecule has 1 amide bonds. The van der Waals surface area contributed by atoms with E-state index in [0.717, 1.165) is 17.7 Å². The van der Waals surface area contributed by atoms with Crippen LogP contribution in [-0.2, 0) is 16.1 Å². The normalized spacial score (nSPS) is 13.6. The van der Waals surface area contributed by atoms with Crippen molar-refractivity contribution in [2.24, 2.45) is 0 Å². The van der Waals surface area contributed by atoms with Crippen LogP contribution in [0.15, 0.2) is 59.2 Å². The van der Waals surface area contributed by atoms with Gasteiger partial charge in [-0.15, -0.1) is 0 Å². The second-order valence-corrected chi connectivity index (χ2v) is 6.61. The molecule has 0 N–H and O–H groups in total. The Balaban J connectivity index is 1.44. The smallest absolute Gasteiger partial charge is 0.340 e. The predicted octanol–water partition coefficient (Wildman–Crippen LogP) is 3.83. The van der Waals surface area contributed by atoms with E-state index in [0.29, 0.717) is 35.8 Å². The molecule has 0 atom stereocenters. The fourth-order valence-electron chi connectivity index (χ4n) is 3.24. The van der Waals surface area contributed by atoms with Gasteiger partial charge < -0.3 is 18.8 Å². The number of methoxy groups -OCH3 is 1. The molecule has 1 aromatic heterocycles. The first-order chi connectivity index (χ1) is 14.2. The Hall–Kier alpha value is -3.61. The third-order valence-corrected chi connectivity index (χ3v) is 4.73. The van der Waals surface area contributed by atoms with Gasteiger partial charge in [-0.05, 0) is 42.8 Å². The van der Waals surface area contributed by atoms with Gasteiger partial charge in [0.1, 0.15) is 24.3 Å². The van der Waals surface area contributed by atoms with Crippen molar-refractivity contribution in [1.82, 2.24) is 4.98 Å². The average molecular weight is 392 g/mol. The zero-order chi connectivity index (χ0) is 20.2. The van der Waals surface area contributed by atoms with Gasteiger partial charge >= 0.3 is 5.97 Å². The van der Waals surface area contributed by atoms with Crippen LogP contribution in [0.4, 0.5) is 5.69 Å². The number of amides is 1. The van der Waals surface area contributed by atoms with E-state index >= 15 is 0 Å². The SMILES string of the molecule is COc1ccc(-c2nc(COC(=O)c3ccccc3N3CCCC3=O)co2)cc1. The fraction of sp³-hybridized carbons (Fsp3) is 0.227. The summed E-state index contributed by atoms with van der Waals surface area (Å²) in [6, 6.07) is 14.3. The number of carbonyl (C=O) groups excluding carboxylic acids is 2. The number of anilines is 1. The number of benzene rings is 2. The molecular weight excluding hydrogens is 372 g/mol. The molecule has 0 unspecified atom stereocenters. The molecule has 0 spiro atoms. The zero-order valence-electron chi connectivity index (χ0n) is 16.0. The van der Waals surface area contributed by atoms with Crippen molar-refractivity contribution in [3.05, 3.63) is 66.1 Å². The third-order valence-electron chi connectivity index (χ3n) is 4.73. The summed E-state index contributed by atoms with van der Waals surface area (Å²) in [6.45, 7) is 0.582. The standard InChI is InChI=1S/C22H20N2O5/c1-27-17-10-8-15(9-11-17)21-23-16(13-28-21)14-29-22(26)18-5-2-3-6-19(18)24-12-4-7-20(24)25/h2-3,5-6,8-11,13H,4,7,12,14H2,1H3. The topological polar surface area (TPSA) is 81.9 Å². The number of para-hydroxylation sites is 1. The summed E-state index contributed by atoms with van der Waals surface area (Å²) in [5, 5.41) is 0. The van der Waals surface area contributed by atoms with Crippen molar-refractivity contribution in [3.63, 3.8) is 0 Å². The van der Waals surface area contributed by atoms with Crippen molar-refractivity contribution in [2.45, 2.75) is 19.4 Å². The van der Waals surface area contributed by atoms with E-state index in [-0.39, 0.29) is 12.5 Å². The third kappa shape index (κ3) is 3.99. The highest BCUT2D eigenvalue weighted by molar-refractivity contribution is 6.03. The van der Waals surface area contributed by atoms with Crippen LogP contribution in [0.2, 0.25) is 0 Å². The van der Waals surface area contributed by atoms with E-state index in [1.54, 1.807) is 36.3 Å². The van der Waals surface area contributed by atoms with Gasteiger partial charge in [-0.2, -0.15) is 0 Å². The van der Waals surface area contributed by atoms with Gasteiger partial charge in [0.15, 0.2) is 0 Å². The number of carbonyl (C=O) groups is 2. The molecule has 29 heavy (non-hydrogen) atoms. The minimum Gasteiger partial charge on any atom is -0.497 e. The van der Waals surface area contributed by atoms with Crippen LogP contribution >= 0.6 is 0 Å². The summed E-state index contributed by atoms with van der Waals surface area (Å²) in [4.78, 5) is 30.7. The molecule has 2 heterocycles. The molecule has 148 valence electrons. The molecule has 1 fully saturated rings. The Bertz CT molecular complexity index is 1030. The summed E-state index contributed by atoms with van der Waals surface area (Å²) >= 11 is 0. The van der Waals surface area contributed by atoms with Crippen molar-refractivity contribution in [2.75, 3.05) is 18.6 Å². The maximum Gasteiger partial charge on any atom is 0.340 e. The van der Waals surface area contributed by atoms with Crippen LogP contribution in [-0.4, -0.2) is 30.5 Å². The lowest BCUT2D eigenvalue weighted by atomic mass is 10.1. The van der Waals surface area contributed by atoms with E-state index in [4.69, 9.17) is 13.9 Å². The lowest BCUT2D eigenvalue weighted by Gasteiger charge is -2.18. The molecule has 2 aromatic carbocycles. The van der Waals surface area contributed by atoms with Crippen LogP contribution < -0.4 is 9.64 Å². The van der Waals surface area contributed by atoms with E-state index in [2.05, 4.69) is 4.98 Å². The summed E-state index contributed by atoms with van der Waals surface area (Å²) in [5.41, 5.74) is 2.24. The van der Waals surface area contributed by atoms with E-state index in [1.165, 1.54) is 6.26 Å². The van der Waals surface area contributed by atoms with Gasteiger partial charge in [0.2, 0.25) is 11.8 Å². The van der Waals surface area contributed by atoms with E-state index < -0.39 is 5.97 Å². The minimum atomic E-state index is -0.505. The molecule has 0 bridgehead atoms. The number of oxazole rings is 1. The molecule has 0 saturated carbocycles. The fourth-order valence-corrected chi connectivity index (χ4v) is 3.24. The molecule has 3 aromatic rings. The van der Waals surface area contributed by atoms with E-state index in [9.17, 15) is 9.59 Å². The summed E-state index contributed by atoms with van der Waals surface area (Å²) in [7, 11) is 1.60. The maximum absolute atomic E-state index is 12.6. The van der Waals surface area contributed by atoms with Crippen LogP contribution in [0.5, 0.6) is 5.75 Å². The molecule has 0 aliphatic carbocycles. The second kappa shape index (κ2) is 8.18. The van der Waals surface area contributed by atoms with Crippen LogP contribution in [0.25, 0.3) is 11.5 Å². The first-order valence-corrected chi connectivity index (χ1v) is 9.31. The van der Waals surface area contributed by atoms with Gasteiger partial charge in [-0.3, -0.25) is 4.79 Å². The molecular formula is C22H20N2O5. The molecule has 4 rings (SSSR count). The lowest BCUT2D eigenvalue weighted by Crippen LogP contribution is -2.26. The number of hydrogen-bond donors (Lipinski definition) is 0. The highest BCUT2D eigenvalue weighted by Gasteiger charge is 2.26. The van der Waals surface area contributed by atoms with Crippen LogP contribution in [0.3, 0.4) is 0 Å². The largest absolute Gasteiger partial charge is 0.497 e. The number of hydrogen-bond acceptors (Lipinski definition) is 6. The summed E-state index contributed by atoms with van der Waals surface area (Å²) in [6.07, 6.45) is 2.74. The number of nitrogens with zero attached hydrogens (tertiary/aromatic N) is 2. The van der Waals surface area contributed by atoms with Crippen molar-refractivity contribution < 1.29 is 23.5 Å². The van der Waals surface area contributed by atoms with E-state index in [1.807, 2.05) is 24.3 Å².